The Hall–Kier alpha value is -4.57. The molecule has 0 unspecified atom stereocenters. The predicted octanol–water partition coefficient (Wildman–Crippen LogP) is 4.61. The first-order valence-corrected chi connectivity index (χ1v) is 12.9. The van der Waals surface area contributed by atoms with Crippen LogP contribution in [0.1, 0.15) is 37.9 Å². The highest BCUT2D eigenvalue weighted by molar-refractivity contribution is 7.15. The molecule has 0 spiro atoms. The van der Waals surface area contributed by atoms with Crippen LogP contribution in [-0.2, 0) is 17.9 Å². The van der Waals surface area contributed by atoms with Gasteiger partial charge in [-0.05, 0) is 31.5 Å². The number of carboxylic acid groups (broad SMARTS) is 1. The van der Waals surface area contributed by atoms with Gasteiger partial charge >= 0.3 is 5.97 Å². The van der Waals surface area contributed by atoms with Gasteiger partial charge in [-0.2, -0.15) is 0 Å². The Labute approximate surface area is 222 Å². The summed E-state index contributed by atoms with van der Waals surface area (Å²) in [5.41, 5.74) is 4.96. The summed E-state index contributed by atoms with van der Waals surface area (Å²) < 4.78 is 3.43. The number of nitrogens with zero attached hydrogens (tertiary/aromatic N) is 6. The molecular formula is C28H24N6O3S. The van der Waals surface area contributed by atoms with Crippen LogP contribution in [0.4, 0.5) is 5.95 Å². The second kappa shape index (κ2) is 9.07. The fraction of sp³-hybridized carbons (Fsp3) is 0.179. The van der Waals surface area contributed by atoms with Crippen molar-refractivity contribution in [1.82, 2.24) is 19.3 Å². The molecule has 10 heteroatoms. The molecule has 0 radical (unpaired) electrons. The van der Waals surface area contributed by atoms with E-state index in [0.717, 1.165) is 37.7 Å². The fourth-order valence-corrected chi connectivity index (χ4v) is 6.07. The number of aryl methyl sites for hydroxylation is 1. The third kappa shape index (κ3) is 3.72. The Morgan fingerprint density at radius 1 is 1.05 bits per heavy atom. The molecule has 190 valence electrons. The molecule has 5 aromatic rings. The molecule has 2 aromatic carbocycles. The number of aromatic nitrogens is 4. The topological polar surface area (TPSA) is 106 Å². The summed E-state index contributed by atoms with van der Waals surface area (Å²) in [6.07, 6.45) is 0. The zero-order valence-electron chi connectivity index (χ0n) is 21.0. The number of aliphatic carboxylic acids is 1. The number of amides is 1. The molecule has 0 fully saturated rings. The van der Waals surface area contributed by atoms with E-state index in [4.69, 9.17) is 4.99 Å². The molecular weight excluding hydrogens is 500 g/mol. The zero-order chi connectivity index (χ0) is 26.6. The van der Waals surface area contributed by atoms with Crippen LogP contribution >= 0.6 is 11.3 Å². The van der Waals surface area contributed by atoms with Crippen molar-refractivity contribution in [2.75, 3.05) is 11.9 Å². The largest absolute Gasteiger partial charge is 0.480 e. The number of carboxylic acids is 1. The number of rotatable bonds is 5. The van der Waals surface area contributed by atoms with Crippen LogP contribution in [0.5, 0.6) is 0 Å². The van der Waals surface area contributed by atoms with E-state index in [2.05, 4.69) is 24.0 Å². The van der Waals surface area contributed by atoms with Gasteiger partial charge in [0.05, 0.1) is 5.71 Å². The van der Waals surface area contributed by atoms with Crippen LogP contribution in [0.3, 0.4) is 0 Å². The second-order valence-corrected chi connectivity index (χ2v) is 10.4. The molecule has 1 N–H and O–H groups in total. The molecule has 9 nitrogen and oxygen atoms in total. The fourth-order valence-electron chi connectivity index (χ4n) is 4.90. The molecule has 1 aliphatic rings. The highest BCUT2D eigenvalue weighted by Crippen LogP contribution is 2.38. The first kappa shape index (κ1) is 23.8. The standard InChI is InChI=1S/C28H24N6O3S/c1-16-17(2)38-27-24(16)25(18-9-5-4-6-10-18)29-14-22-30-31-28(34(22)27)32(3)26(37)21-13-19-11-7-8-12-20(19)33(21)15-23(35)36/h4-13H,14-15H2,1-3H3,(H,35,36). The lowest BCUT2D eigenvalue weighted by molar-refractivity contribution is -0.137. The monoisotopic (exact) mass is 524 g/mol. The van der Waals surface area contributed by atoms with Crippen molar-refractivity contribution < 1.29 is 14.7 Å². The number of para-hydroxylation sites is 1. The van der Waals surface area contributed by atoms with E-state index in [-0.39, 0.29) is 18.1 Å². The van der Waals surface area contributed by atoms with E-state index in [0.29, 0.717) is 23.8 Å². The van der Waals surface area contributed by atoms with Crippen molar-refractivity contribution in [2.45, 2.75) is 26.9 Å². The Bertz CT molecular complexity index is 1760. The maximum atomic E-state index is 13.9. The first-order valence-electron chi connectivity index (χ1n) is 12.1. The molecule has 3 aromatic heterocycles. The summed E-state index contributed by atoms with van der Waals surface area (Å²) in [4.78, 5) is 33.0. The van der Waals surface area contributed by atoms with Crippen LogP contribution in [0.2, 0.25) is 0 Å². The maximum Gasteiger partial charge on any atom is 0.323 e. The van der Waals surface area contributed by atoms with Crippen molar-refractivity contribution >= 4 is 45.8 Å². The van der Waals surface area contributed by atoms with E-state index in [9.17, 15) is 14.7 Å². The van der Waals surface area contributed by atoms with Gasteiger partial charge in [-0.1, -0.05) is 48.5 Å². The van der Waals surface area contributed by atoms with Gasteiger partial charge in [0, 0.05) is 34.0 Å². The van der Waals surface area contributed by atoms with Crippen molar-refractivity contribution in [1.29, 1.82) is 0 Å². The van der Waals surface area contributed by atoms with Gasteiger partial charge in [0.1, 0.15) is 23.8 Å². The SMILES string of the molecule is Cc1sc2c(c1C)C(c1ccccc1)=NCc1nnc(N(C)C(=O)c3cc4ccccc4n3CC(=O)O)n1-2. The van der Waals surface area contributed by atoms with Crippen LogP contribution in [-0.4, -0.2) is 49.1 Å². The van der Waals surface area contributed by atoms with Gasteiger partial charge in [0.25, 0.3) is 5.91 Å². The lowest BCUT2D eigenvalue weighted by atomic mass is 10.00. The van der Waals surface area contributed by atoms with Crippen LogP contribution in [0.25, 0.3) is 15.9 Å². The number of anilines is 1. The quantitative estimate of drug-likeness (QED) is 0.361. The molecule has 0 aliphatic carbocycles. The summed E-state index contributed by atoms with van der Waals surface area (Å²) in [6, 6.07) is 19.1. The van der Waals surface area contributed by atoms with Crippen LogP contribution in [0, 0.1) is 13.8 Å². The maximum absolute atomic E-state index is 13.9. The lowest BCUT2D eigenvalue weighted by Gasteiger charge is -2.19. The number of hydrogen-bond acceptors (Lipinski definition) is 6. The third-order valence-electron chi connectivity index (χ3n) is 6.87. The van der Waals surface area contributed by atoms with E-state index in [1.54, 1.807) is 24.5 Å². The molecule has 0 saturated carbocycles. The van der Waals surface area contributed by atoms with Crippen molar-refractivity contribution in [3.05, 3.63) is 93.7 Å². The molecule has 0 atom stereocenters. The van der Waals surface area contributed by atoms with Gasteiger partial charge in [0.2, 0.25) is 5.95 Å². The van der Waals surface area contributed by atoms with E-state index in [1.807, 2.05) is 59.2 Å². The average molecular weight is 525 g/mol. The number of hydrogen-bond donors (Lipinski definition) is 1. The smallest absolute Gasteiger partial charge is 0.323 e. The molecule has 6 rings (SSSR count). The molecule has 1 amide bonds. The minimum Gasteiger partial charge on any atom is -0.480 e. The number of thiophene rings is 1. The van der Waals surface area contributed by atoms with Crippen molar-refractivity contribution in [3.8, 4) is 5.00 Å². The number of aliphatic imine (C=N–C) groups is 1. The number of carbonyl (C=O) groups excluding carboxylic acids is 1. The van der Waals surface area contributed by atoms with E-state index < -0.39 is 5.97 Å². The Balaban J connectivity index is 1.48. The molecule has 1 aliphatic heterocycles. The summed E-state index contributed by atoms with van der Waals surface area (Å²) in [5, 5.41) is 20.0. The number of benzene rings is 2. The lowest BCUT2D eigenvalue weighted by Crippen LogP contribution is -2.31. The molecule has 4 heterocycles. The molecule has 0 bridgehead atoms. The summed E-state index contributed by atoms with van der Waals surface area (Å²) in [7, 11) is 1.64. The highest BCUT2D eigenvalue weighted by atomic mass is 32.1. The molecule has 38 heavy (non-hydrogen) atoms. The van der Waals surface area contributed by atoms with E-state index in [1.165, 1.54) is 9.47 Å². The first-order chi connectivity index (χ1) is 18.3. The summed E-state index contributed by atoms with van der Waals surface area (Å²) in [6.45, 7) is 4.12. The van der Waals surface area contributed by atoms with Crippen LogP contribution in [0.15, 0.2) is 65.7 Å². The Morgan fingerprint density at radius 3 is 2.55 bits per heavy atom. The number of fused-ring (bicyclic) bond motifs is 4. The normalized spacial score (nSPS) is 12.6. The van der Waals surface area contributed by atoms with Crippen molar-refractivity contribution in [2.24, 2.45) is 4.99 Å². The van der Waals surface area contributed by atoms with E-state index >= 15 is 0 Å². The third-order valence-corrected chi connectivity index (χ3v) is 8.07. The van der Waals surface area contributed by atoms with Crippen molar-refractivity contribution in [3.63, 3.8) is 0 Å². The Kier molecular flexibility index (Phi) is 5.68. The zero-order valence-corrected chi connectivity index (χ0v) is 21.9. The highest BCUT2D eigenvalue weighted by Gasteiger charge is 2.31. The Morgan fingerprint density at radius 2 is 1.79 bits per heavy atom. The summed E-state index contributed by atoms with van der Waals surface area (Å²) >= 11 is 1.61. The summed E-state index contributed by atoms with van der Waals surface area (Å²) in [5.74, 6) is -0.430. The predicted molar refractivity (Wildman–Crippen MR) is 147 cm³/mol. The van der Waals surface area contributed by atoms with Gasteiger partial charge < -0.3 is 9.67 Å². The minimum atomic E-state index is -1.03. The average Bonchev–Trinajstić information content (AvgIpc) is 3.55. The second-order valence-electron chi connectivity index (χ2n) is 9.18. The van der Waals surface area contributed by atoms with Gasteiger partial charge in [-0.15, -0.1) is 21.5 Å². The van der Waals surface area contributed by atoms with Gasteiger partial charge in [0.15, 0.2) is 5.82 Å². The number of carbonyl (C=O) groups is 2. The minimum absolute atomic E-state index is 0.266. The van der Waals surface area contributed by atoms with Gasteiger partial charge in [-0.3, -0.25) is 24.0 Å². The molecule has 0 saturated heterocycles. The van der Waals surface area contributed by atoms with Gasteiger partial charge in [-0.25, -0.2) is 0 Å². The van der Waals surface area contributed by atoms with Crippen LogP contribution < -0.4 is 4.90 Å².